The molecule has 2 heterocycles. The third kappa shape index (κ3) is 5.75. The van der Waals surface area contributed by atoms with Crippen molar-refractivity contribution in [3.63, 3.8) is 0 Å². The Balaban J connectivity index is 1.71. The Bertz CT molecular complexity index is 1430. The highest BCUT2D eigenvalue weighted by Gasteiger charge is 2.20. The van der Waals surface area contributed by atoms with Crippen LogP contribution in [0, 0.1) is 13.8 Å². The summed E-state index contributed by atoms with van der Waals surface area (Å²) < 4.78 is 12.4. The number of nitrogens with one attached hydrogen (secondary N) is 2. The minimum Gasteiger partial charge on any atom is -0.492 e. The molecule has 10 nitrogen and oxygen atoms in total. The molecule has 0 saturated carbocycles. The summed E-state index contributed by atoms with van der Waals surface area (Å²) in [6.45, 7) is 8.00. The summed E-state index contributed by atoms with van der Waals surface area (Å²) in [5, 5.41) is 10.5. The largest absolute Gasteiger partial charge is 0.492 e. The zero-order chi connectivity index (χ0) is 26.4. The van der Waals surface area contributed by atoms with Gasteiger partial charge in [0.2, 0.25) is 0 Å². The van der Waals surface area contributed by atoms with Crippen LogP contribution in [-0.2, 0) is 4.74 Å². The predicted octanol–water partition coefficient (Wildman–Crippen LogP) is 4.85. The zero-order valence-electron chi connectivity index (χ0n) is 21.1. The lowest BCUT2D eigenvalue weighted by Gasteiger charge is -2.16. The summed E-state index contributed by atoms with van der Waals surface area (Å²) >= 11 is 0. The van der Waals surface area contributed by atoms with Gasteiger partial charge in [-0.1, -0.05) is 24.3 Å². The maximum Gasteiger partial charge on any atom is 0.343 e. The van der Waals surface area contributed by atoms with Crippen LogP contribution < -0.4 is 15.4 Å². The van der Waals surface area contributed by atoms with Gasteiger partial charge >= 0.3 is 5.97 Å². The maximum atomic E-state index is 13.3. The van der Waals surface area contributed by atoms with Crippen molar-refractivity contribution >= 4 is 29.1 Å². The van der Waals surface area contributed by atoms with Crippen molar-refractivity contribution in [3.05, 3.63) is 83.3 Å². The van der Waals surface area contributed by atoms with Crippen LogP contribution in [0.25, 0.3) is 5.95 Å². The molecule has 10 heteroatoms. The number of carbonyl (C=O) groups excluding carboxylic acids is 2. The fourth-order valence-electron chi connectivity index (χ4n) is 3.72. The first-order valence-electron chi connectivity index (χ1n) is 11.9. The lowest BCUT2D eigenvalue weighted by atomic mass is 10.1. The lowest BCUT2D eigenvalue weighted by molar-refractivity contribution is 0.0526. The van der Waals surface area contributed by atoms with Crippen LogP contribution in [0.5, 0.6) is 5.75 Å². The van der Waals surface area contributed by atoms with E-state index in [2.05, 4.69) is 25.7 Å². The smallest absolute Gasteiger partial charge is 0.343 e. The third-order valence-electron chi connectivity index (χ3n) is 5.33. The van der Waals surface area contributed by atoms with Gasteiger partial charge in [0.05, 0.1) is 35.8 Å². The number of carbonyl (C=O) groups is 2. The molecule has 0 aliphatic heterocycles. The van der Waals surface area contributed by atoms with Crippen molar-refractivity contribution in [3.8, 4) is 11.7 Å². The van der Waals surface area contributed by atoms with Crippen LogP contribution in [0.3, 0.4) is 0 Å². The van der Waals surface area contributed by atoms with E-state index in [0.717, 1.165) is 11.4 Å². The van der Waals surface area contributed by atoms with Gasteiger partial charge in [-0.3, -0.25) is 4.79 Å². The van der Waals surface area contributed by atoms with Crippen molar-refractivity contribution in [2.45, 2.75) is 27.7 Å². The molecule has 1 amide bonds. The van der Waals surface area contributed by atoms with Crippen LogP contribution >= 0.6 is 0 Å². The van der Waals surface area contributed by atoms with E-state index in [1.807, 2.05) is 39.0 Å². The molecule has 37 heavy (non-hydrogen) atoms. The molecule has 0 aliphatic carbocycles. The van der Waals surface area contributed by atoms with Gasteiger partial charge in [-0.2, -0.15) is 10.1 Å². The van der Waals surface area contributed by atoms with E-state index in [1.54, 1.807) is 48.0 Å². The Hall–Kier alpha value is -4.73. The molecular weight excluding hydrogens is 472 g/mol. The summed E-state index contributed by atoms with van der Waals surface area (Å²) in [7, 11) is 0. The molecule has 2 aromatic heterocycles. The van der Waals surface area contributed by atoms with Gasteiger partial charge in [-0.15, -0.1) is 0 Å². The summed E-state index contributed by atoms with van der Waals surface area (Å²) in [6.07, 6.45) is 1.39. The van der Waals surface area contributed by atoms with E-state index < -0.39 is 5.97 Å². The average molecular weight is 501 g/mol. The average Bonchev–Trinajstić information content (AvgIpc) is 3.23. The van der Waals surface area contributed by atoms with Crippen molar-refractivity contribution in [1.29, 1.82) is 0 Å². The first-order chi connectivity index (χ1) is 17.9. The normalized spacial score (nSPS) is 10.6. The van der Waals surface area contributed by atoms with E-state index in [1.165, 1.54) is 6.20 Å². The molecule has 2 aromatic carbocycles. The molecule has 0 aliphatic rings. The second-order valence-corrected chi connectivity index (χ2v) is 8.05. The Kier molecular flexibility index (Phi) is 7.77. The molecule has 0 unspecified atom stereocenters. The van der Waals surface area contributed by atoms with E-state index in [-0.39, 0.29) is 29.8 Å². The number of rotatable bonds is 9. The second-order valence-electron chi connectivity index (χ2n) is 8.05. The van der Waals surface area contributed by atoms with Crippen LogP contribution in [0.1, 0.15) is 46.0 Å². The maximum absolute atomic E-state index is 13.3. The molecule has 2 N–H and O–H groups in total. The Morgan fingerprint density at radius 3 is 2.38 bits per heavy atom. The van der Waals surface area contributed by atoms with Gasteiger partial charge in [-0.05, 0) is 58.0 Å². The number of aromatic nitrogens is 4. The molecule has 0 saturated heterocycles. The first-order valence-corrected chi connectivity index (χ1v) is 11.9. The highest BCUT2D eigenvalue weighted by Crippen LogP contribution is 2.27. The summed E-state index contributed by atoms with van der Waals surface area (Å²) in [5.74, 6) is 0.0802. The first kappa shape index (κ1) is 25.4. The van der Waals surface area contributed by atoms with Gasteiger partial charge in [0.15, 0.2) is 5.82 Å². The van der Waals surface area contributed by atoms with Gasteiger partial charge in [0.1, 0.15) is 11.3 Å². The van der Waals surface area contributed by atoms with Crippen molar-refractivity contribution in [2.24, 2.45) is 0 Å². The van der Waals surface area contributed by atoms with Crippen molar-refractivity contribution in [1.82, 2.24) is 19.7 Å². The molecular formula is C27H28N6O4. The van der Waals surface area contributed by atoms with Crippen LogP contribution in [0.2, 0.25) is 0 Å². The molecule has 0 spiro atoms. The number of hydrogen-bond donors (Lipinski definition) is 2. The highest BCUT2D eigenvalue weighted by molar-refractivity contribution is 6.09. The number of nitrogens with zero attached hydrogens (tertiary/aromatic N) is 4. The fraction of sp³-hybridized carbons (Fsp3) is 0.222. The monoisotopic (exact) mass is 500 g/mol. The molecule has 190 valence electrons. The van der Waals surface area contributed by atoms with E-state index in [4.69, 9.17) is 9.47 Å². The molecule has 4 rings (SSSR count). The predicted molar refractivity (Wildman–Crippen MR) is 140 cm³/mol. The number of hydrogen-bond acceptors (Lipinski definition) is 8. The quantitative estimate of drug-likeness (QED) is 0.313. The van der Waals surface area contributed by atoms with Crippen LogP contribution in [-0.4, -0.2) is 44.8 Å². The Labute approximate surface area is 214 Å². The Morgan fingerprint density at radius 1 is 0.946 bits per heavy atom. The number of anilines is 3. The van der Waals surface area contributed by atoms with E-state index in [9.17, 15) is 9.59 Å². The lowest BCUT2D eigenvalue weighted by Crippen LogP contribution is -2.17. The Morgan fingerprint density at radius 2 is 1.68 bits per heavy atom. The minimum absolute atomic E-state index is 0.129. The molecule has 0 atom stereocenters. The molecule has 0 fully saturated rings. The number of esters is 1. The summed E-state index contributed by atoms with van der Waals surface area (Å²) in [5.41, 5.74) is 3.10. The SMILES string of the molecule is CCOC(=O)c1cnc(-n2nc(C)cc2C)nc1Nc1ccccc1C(=O)Nc1ccccc1OCC. The van der Waals surface area contributed by atoms with Crippen molar-refractivity contribution < 1.29 is 19.1 Å². The summed E-state index contributed by atoms with van der Waals surface area (Å²) in [4.78, 5) is 34.9. The van der Waals surface area contributed by atoms with E-state index in [0.29, 0.717) is 29.3 Å². The minimum atomic E-state index is -0.586. The third-order valence-corrected chi connectivity index (χ3v) is 5.33. The van der Waals surface area contributed by atoms with Crippen molar-refractivity contribution in [2.75, 3.05) is 23.8 Å². The number of ether oxygens (including phenoxy) is 2. The van der Waals surface area contributed by atoms with Gasteiger partial charge < -0.3 is 20.1 Å². The number of amides is 1. The molecule has 0 bridgehead atoms. The molecule has 4 aromatic rings. The molecule has 0 radical (unpaired) electrons. The van der Waals surface area contributed by atoms with Gasteiger partial charge in [-0.25, -0.2) is 14.5 Å². The zero-order valence-corrected chi connectivity index (χ0v) is 21.1. The fourth-order valence-corrected chi connectivity index (χ4v) is 3.72. The van der Waals surface area contributed by atoms with E-state index >= 15 is 0 Å². The van der Waals surface area contributed by atoms with Crippen LogP contribution in [0.15, 0.2) is 60.8 Å². The highest BCUT2D eigenvalue weighted by atomic mass is 16.5. The number of benzene rings is 2. The second kappa shape index (κ2) is 11.3. The topological polar surface area (TPSA) is 120 Å². The number of para-hydroxylation sites is 3. The summed E-state index contributed by atoms with van der Waals surface area (Å²) in [6, 6.07) is 16.0. The standard InChI is InChI=1S/C27H28N6O4/c1-5-36-23-14-10-9-13-22(23)30-25(34)19-11-7-8-12-21(19)29-24-20(26(35)37-6-2)16-28-27(31-24)33-18(4)15-17(3)32-33/h7-16H,5-6H2,1-4H3,(H,30,34)(H,28,29,31). The van der Waals surface area contributed by atoms with Gasteiger partial charge in [0.25, 0.3) is 11.9 Å². The number of aryl methyl sites for hydroxylation is 2. The van der Waals surface area contributed by atoms with Crippen LogP contribution in [0.4, 0.5) is 17.2 Å². The van der Waals surface area contributed by atoms with Gasteiger partial charge in [0, 0.05) is 11.9 Å².